The second kappa shape index (κ2) is 11.8. The minimum absolute atomic E-state index is 0.0372. The van der Waals surface area contributed by atoms with Gasteiger partial charge in [0.15, 0.2) is 18.0 Å². The molecule has 5 aromatic rings. The number of benzene rings is 2. The number of ether oxygens (including phenoxy) is 1. The monoisotopic (exact) mass is 624 g/mol. The summed E-state index contributed by atoms with van der Waals surface area (Å²) >= 11 is 0. The van der Waals surface area contributed by atoms with Gasteiger partial charge in [0.2, 0.25) is 0 Å². The van der Waals surface area contributed by atoms with Crippen molar-refractivity contribution < 1.29 is 31.5 Å². The van der Waals surface area contributed by atoms with Gasteiger partial charge in [0.25, 0.3) is 0 Å². The second-order valence-electron chi connectivity index (χ2n) is 10.8. The number of morpholine rings is 1. The summed E-state index contributed by atoms with van der Waals surface area (Å²) in [4.78, 5) is 23.2. The number of anilines is 3. The average molecular weight is 625 g/mol. The number of nitrogen functional groups attached to an aromatic ring is 1. The molecule has 0 spiro atoms. The van der Waals surface area contributed by atoms with Crippen LogP contribution in [-0.4, -0.2) is 55.8 Å². The summed E-state index contributed by atoms with van der Waals surface area (Å²) in [6.45, 7) is 5.95. The lowest BCUT2D eigenvalue weighted by atomic mass is 9.99. The van der Waals surface area contributed by atoms with Crippen LogP contribution in [0.2, 0.25) is 0 Å². The van der Waals surface area contributed by atoms with Crippen molar-refractivity contribution in [3.05, 3.63) is 78.5 Å². The lowest BCUT2D eigenvalue weighted by Gasteiger charge is -2.35. The van der Waals surface area contributed by atoms with Crippen molar-refractivity contribution in [3.63, 3.8) is 0 Å². The number of rotatable bonds is 6. The molecule has 1 aliphatic heterocycles. The van der Waals surface area contributed by atoms with Gasteiger partial charge in [0.1, 0.15) is 17.7 Å². The normalized spacial score (nSPS) is 17.5. The summed E-state index contributed by atoms with van der Waals surface area (Å²) in [6, 6.07) is 7.49. The van der Waals surface area contributed by atoms with E-state index in [2.05, 4.69) is 30.6 Å². The molecule has 6 rings (SSSR count). The van der Waals surface area contributed by atoms with E-state index >= 15 is 0 Å². The van der Waals surface area contributed by atoms with E-state index < -0.39 is 29.3 Å². The number of amides is 2. The van der Waals surface area contributed by atoms with Crippen molar-refractivity contribution in [2.45, 2.75) is 38.8 Å². The number of nitrogens with zero attached hydrogens (tertiary/aromatic N) is 5. The first-order valence-corrected chi connectivity index (χ1v) is 13.9. The number of aromatic nitrogens is 4. The Morgan fingerprint density at radius 1 is 1.07 bits per heavy atom. The zero-order valence-electron chi connectivity index (χ0n) is 24.1. The Bertz CT molecular complexity index is 1830. The van der Waals surface area contributed by atoms with Crippen molar-refractivity contribution >= 4 is 28.7 Å². The van der Waals surface area contributed by atoms with Crippen molar-refractivity contribution in [1.29, 1.82) is 0 Å². The van der Waals surface area contributed by atoms with Crippen molar-refractivity contribution in [1.82, 2.24) is 24.5 Å². The quantitative estimate of drug-likeness (QED) is 0.195. The summed E-state index contributed by atoms with van der Waals surface area (Å²) in [7, 11) is 0. The van der Waals surface area contributed by atoms with Gasteiger partial charge in [-0.2, -0.15) is 18.3 Å². The summed E-state index contributed by atoms with van der Waals surface area (Å²) in [5.74, 6) is -0.282. The predicted molar refractivity (Wildman–Crippen MR) is 158 cm³/mol. The number of hydrogen-bond acceptors (Lipinski definition) is 8. The number of halogens is 4. The zero-order chi connectivity index (χ0) is 31.9. The van der Waals surface area contributed by atoms with Gasteiger partial charge < -0.3 is 25.5 Å². The fourth-order valence-electron chi connectivity index (χ4n) is 5.63. The van der Waals surface area contributed by atoms with Crippen molar-refractivity contribution in [2.24, 2.45) is 0 Å². The molecule has 3 aromatic heterocycles. The Kier molecular flexibility index (Phi) is 7.88. The zero-order valence-corrected chi connectivity index (χ0v) is 24.1. The van der Waals surface area contributed by atoms with E-state index in [4.69, 9.17) is 14.9 Å². The van der Waals surface area contributed by atoms with Gasteiger partial charge in [-0.25, -0.2) is 23.7 Å². The van der Waals surface area contributed by atoms with Crippen molar-refractivity contribution in [2.75, 3.05) is 29.5 Å². The van der Waals surface area contributed by atoms with Crippen LogP contribution in [0.1, 0.15) is 25.1 Å². The average Bonchev–Trinajstić information content (AvgIpc) is 3.61. The number of oxazole rings is 1. The molecule has 0 radical (unpaired) electrons. The van der Waals surface area contributed by atoms with Gasteiger partial charge in [0, 0.05) is 30.9 Å². The Labute approximate surface area is 254 Å². The second-order valence-corrected chi connectivity index (χ2v) is 10.8. The molecule has 0 aliphatic carbocycles. The molecule has 2 atom stereocenters. The molecular formula is C30H28F4N8O3. The number of hydrogen-bond donors (Lipinski definition) is 3. The molecule has 0 bridgehead atoms. The fraction of sp³-hybridized carbons (Fsp3) is 0.267. The van der Waals surface area contributed by atoms with Crippen LogP contribution in [0.15, 0.2) is 65.8 Å². The first kappa shape index (κ1) is 30.0. The first-order valence-electron chi connectivity index (χ1n) is 13.9. The van der Waals surface area contributed by atoms with Crippen LogP contribution in [0.4, 0.5) is 39.5 Å². The van der Waals surface area contributed by atoms with E-state index in [1.807, 2.05) is 13.8 Å². The largest absolute Gasteiger partial charge is 0.443 e. The Morgan fingerprint density at radius 2 is 1.80 bits per heavy atom. The van der Waals surface area contributed by atoms with E-state index in [0.717, 1.165) is 5.69 Å². The number of nitrogens with one attached hydrogen (secondary N) is 2. The van der Waals surface area contributed by atoms with Crippen LogP contribution < -0.4 is 16.4 Å². The summed E-state index contributed by atoms with van der Waals surface area (Å²) < 4.78 is 66.8. The Balaban J connectivity index is 1.34. The molecule has 4 heterocycles. The third kappa shape index (κ3) is 6.17. The fourth-order valence-corrected chi connectivity index (χ4v) is 5.63. The minimum atomic E-state index is -4.70. The highest BCUT2D eigenvalue weighted by Gasteiger charge is 2.32. The van der Waals surface area contributed by atoms with Crippen LogP contribution in [0.3, 0.4) is 0 Å². The molecule has 4 N–H and O–H groups in total. The maximum atomic E-state index is 14.1. The third-order valence-corrected chi connectivity index (χ3v) is 7.37. The van der Waals surface area contributed by atoms with Crippen LogP contribution >= 0.6 is 0 Å². The van der Waals surface area contributed by atoms with Crippen molar-refractivity contribution in [3.8, 4) is 22.5 Å². The molecule has 234 valence electrons. The number of urea groups is 1. The highest BCUT2D eigenvalue weighted by molar-refractivity contribution is 6.01. The molecule has 1 fully saturated rings. The Morgan fingerprint density at radius 3 is 2.47 bits per heavy atom. The molecule has 2 aromatic carbocycles. The molecule has 0 saturated carbocycles. The van der Waals surface area contributed by atoms with E-state index in [1.54, 1.807) is 35.0 Å². The molecule has 45 heavy (non-hydrogen) atoms. The number of nitrogens with two attached hydrogens (primary N) is 1. The van der Waals surface area contributed by atoms with Gasteiger partial charge in [-0.15, -0.1) is 0 Å². The van der Waals surface area contributed by atoms with Crippen LogP contribution in [-0.2, 0) is 17.5 Å². The van der Waals surface area contributed by atoms with Gasteiger partial charge in [0.05, 0.1) is 40.9 Å². The topological polar surface area (TPSA) is 136 Å². The van der Waals surface area contributed by atoms with E-state index in [1.165, 1.54) is 12.7 Å². The molecule has 0 unspecified atom stereocenters. The van der Waals surface area contributed by atoms with Gasteiger partial charge in [-0.05, 0) is 49.7 Å². The first-order chi connectivity index (χ1) is 21.5. The molecule has 2 amide bonds. The molecule has 1 aliphatic rings. The molecular weight excluding hydrogens is 596 g/mol. The van der Waals surface area contributed by atoms with Gasteiger partial charge in [-0.3, -0.25) is 4.90 Å². The van der Waals surface area contributed by atoms with Gasteiger partial charge in [-0.1, -0.05) is 12.1 Å². The number of carbonyl (C=O) groups is 1. The van der Waals surface area contributed by atoms with E-state index in [-0.39, 0.29) is 18.0 Å². The van der Waals surface area contributed by atoms with E-state index in [0.29, 0.717) is 71.5 Å². The molecule has 1 saturated heterocycles. The molecule has 11 nitrogen and oxygen atoms in total. The summed E-state index contributed by atoms with van der Waals surface area (Å²) in [5, 5.41) is 9.17. The summed E-state index contributed by atoms with van der Waals surface area (Å²) in [5.41, 5.74) is 8.43. The Hall–Kier alpha value is -5.02. The van der Waals surface area contributed by atoms with Crippen LogP contribution in [0.25, 0.3) is 28.0 Å². The lowest BCUT2D eigenvalue weighted by Crippen LogP contribution is -2.45. The SMILES string of the molecule is C[C@@H]1CN(Cc2c(-c3cnco3)c(-c3ccc(NC(=O)Nc4cc(C(F)(F)F)ccc4F)cc3)c3c(N)ncnn23)C[C@H](C)O1. The summed E-state index contributed by atoms with van der Waals surface area (Å²) in [6.07, 6.45) is -0.313. The van der Waals surface area contributed by atoms with Crippen LogP contribution in [0.5, 0.6) is 0 Å². The predicted octanol–water partition coefficient (Wildman–Crippen LogP) is 6.04. The van der Waals surface area contributed by atoms with Crippen LogP contribution in [0, 0.1) is 5.82 Å². The number of fused-ring (bicyclic) bond motifs is 1. The maximum Gasteiger partial charge on any atom is 0.416 e. The maximum absolute atomic E-state index is 14.1. The number of carbonyl (C=O) groups excluding carboxylic acids is 1. The van der Waals surface area contributed by atoms with E-state index in [9.17, 15) is 22.4 Å². The lowest BCUT2D eigenvalue weighted by molar-refractivity contribution is -0.137. The third-order valence-electron chi connectivity index (χ3n) is 7.37. The standard InChI is InChI=1S/C30H28F4N8O3/c1-16-11-41(12-17(2)45-16)13-23-26(24-10-36-15-44-24)25(27-28(35)37-14-38-42(23)27)18-3-6-20(7-4-18)39-29(43)40-22-9-19(30(32,33)34)5-8-21(22)31/h3-10,14-17H,11-13H2,1-2H3,(H2,35,37,38)(H2,39,40,43)/t16-,17+. The van der Waals surface area contributed by atoms with Gasteiger partial charge >= 0.3 is 12.2 Å². The highest BCUT2D eigenvalue weighted by atomic mass is 19.4. The smallest absolute Gasteiger partial charge is 0.416 e. The minimum Gasteiger partial charge on any atom is -0.443 e. The highest BCUT2D eigenvalue weighted by Crippen LogP contribution is 2.42. The molecule has 15 heteroatoms. The number of alkyl halides is 3.